The van der Waals surface area contributed by atoms with Gasteiger partial charge < -0.3 is 19.6 Å². The Hall–Kier alpha value is 0.0800. The molecule has 6 rings (SSSR count). The van der Waals surface area contributed by atoms with Gasteiger partial charge in [0.2, 0.25) is 0 Å². The first-order chi connectivity index (χ1) is 22.6. The van der Waals surface area contributed by atoms with Crippen LogP contribution in [0.3, 0.4) is 0 Å². The van der Waals surface area contributed by atoms with Crippen LogP contribution < -0.4 is 0 Å². The number of halogens is 2. The molecule has 0 aromatic heterocycles. The predicted octanol–water partition coefficient (Wildman–Crippen LogP) is 14.4. The molecule has 280 valence electrons. The van der Waals surface area contributed by atoms with Crippen molar-refractivity contribution in [1.29, 1.82) is 0 Å². The van der Waals surface area contributed by atoms with Gasteiger partial charge in [0.05, 0.1) is 14.2 Å². The Bertz CT molecular complexity index is 1310. The third-order valence-electron chi connectivity index (χ3n) is 14.6. The summed E-state index contributed by atoms with van der Waals surface area (Å²) in [4.78, 5) is 0. The molecule has 0 radical (unpaired) electrons. The zero-order valence-corrected chi connectivity index (χ0v) is 38.9. The number of methoxy groups -OCH3 is 1. The van der Waals surface area contributed by atoms with Gasteiger partial charge in [-0.3, -0.25) is 0 Å². The van der Waals surface area contributed by atoms with Crippen molar-refractivity contribution in [2.75, 3.05) is 7.11 Å². The molecule has 0 spiro atoms. The Morgan fingerprint density at radius 2 is 1.10 bits per heavy atom. The Morgan fingerprint density at radius 3 is 1.56 bits per heavy atom. The van der Waals surface area contributed by atoms with Crippen molar-refractivity contribution in [2.24, 2.45) is 58.2 Å². The van der Waals surface area contributed by atoms with Crippen molar-refractivity contribution in [1.82, 2.24) is 0 Å². The van der Waals surface area contributed by atoms with Gasteiger partial charge in [-0.2, -0.15) is 0 Å². The van der Waals surface area contributed by atoms with Crippen molar-refractivity contribution in [3.8, 4) is 0 Å². The van der Waals surface area contributed by atoms with Gasteiger partial charge in [0.15, 0.2) is 0 Å². The van der Waals surface area contributed by atoms with Crippen molar-refractivity contribution in [3.63, 3.8) is 0 Å². The van der Waals surface area contributed by atoms with Crippen LogP contribution in [0.5, 0.6) is 0 Å². The average molecular weight is 819 g/mol. The average Bonchev–Trinajstić information content (AvgIpc) is 3.55. The number of hydrogen-bond acceptors (Lipinski definition) is 1. The minimum atomic E-state index is -1.69. The van der Waals surface area contributed by atoms with Crippen LogP contribution in [0.15, 0.2) is 60.7 Å². The summed E-state index contributed by atoms with van der Waals surface area (Å²) < 4.78 is 6.56. The topological polar surface area (TPSA) is 9.23 Å². The van der Waals surface area contributed by atoms with Crippen LogP contribution in [0, 0.1) is 73.0 Å². The number of fused-ring (bicyclic) bond motifs is 2. The quantitative estimate of drug-likeness (QED) is 0.216. The molecule has 13 atom stereocenters. The minimum absolute atomic E-state index is 0. The molecule has 50 heavy (non-hydrogen) atoms. The van der Waals surface area contributed by atoms with Crippen LogP contribution in [0.25, 0.3) is 0 Å². The first-order valence-corrected chi connectivity index (χ1v) is 28.6. The number of hydrogen-bond donors (Lipinski definition) is 0. The molecule has 5 heteroatoms. The third-order valence-corrected chi connectivity index (χ3v) is 20.1. The standard InChI is InChI=1S/C43H66OSi.2CH3.2ClH.Zr/c1-27-22-33-32(29-18-14-12-15-19-29)24-31(42(3,4)5)25-35(33)40(27)45(10,11)41-28(2)23-34-36(41)26-37(43(6,7)8)39(44-9)38(34)30-20-16-13-17-21-30;;;;;/h12-21,27-28,31-41H,22-26H2,1-11H3;2*1H3;2*1H;/q;2*-1;;;+4/p-2. The van der Waals surface area contributed by atoms with E-state index >= 15 is 0 Å². The zero-order valence-electron chi connectivity index (χ0n) is 34.0. The van der Waals surface area contributed by atoms with Crippen LogP contribution in [0.2, 0.25) is 24.2 Å². The molecule has 0 N–H and O–H groups in total. The number of ether oxygens (including phenoxy) is 1. The molecule has 4 fully saturated rings. The second-order valence-electron chi connectivity index (χ2n) is 19.4. The van der Waals surface area contributed by atoms with Crippen LogP contribution >= 0.6 is 17.0 Å². The van der Waals surface area contributed by atoms with Crippen LogP contribution in [-0.4, -0.2) is 21.3 Å². The summed E-state index contributed by atoms with van der Waals surface area (Å²) in [6.07, 6.45) is 7.33. The first-order valence-electron chi connectivity index (χ1n) is 19.1. The van der Waals surface area contributed by atoms with Crippen molar-refractivity contribution < 1.29 is 25.6 Å². The molecule has 4 saturated carbocycles. The predicted molar refractivity (Wildman–Crippen MR) is 220 cm³/mol. The molecule has 1 nitrogen and oxygen atoms in total. The molecule has 13 unspecified atom stereocenters. The summed E-state index contributed by atoms with van der Waals surface area (Å²) in [5, 5.41) is 0. The summed E-state index contributed by atoms with van der Waals surface area (Å²) in [5.41, 5.74) is 5.58. The fourth-order valence-electron chi connectivity index (χ4n) is 13.1. The van der Waals surface area contributed by atoms with Gasteiger partial charge in [0, 0.05) is 13.0 Å². The van der Waals surface area contributed by atoms with Gasteiger partial charge in [-0.15, -0.1) is 0 Å². The molecule has 2 aromatic rings. The summed E-state index contributed by atoms with van der Waals surface area (Å²) in [5.74, 6) is 7.57. The van der Waals surface area contributed by atoms with Crippen LogP contribution in [-0.2, 0) is 25.6 Å². The maximum atomic E-state index is 6.56. The maximum absolute atomic E-state index is 6.56. The SMILES string of the molecule is COC1C(c2ccccc2)C2CC(C)C([Si](C)(C)C3C(C)CC4C(c5ccccc5)CC(C(C)(C)C)CC43)C2CC1C(C)(C)C.[CH3-].[CH3-].[Cl][Zr+2][Cl]. The summed E-state index contributed by atoms with van der Waals surface area (Å²) in [6, 6.07) is 23.3. The van der Waals surface area contributed by atoms with Gasteiger partial charge in [-0.25, -0.2) is 0 Å². The molecule has 4 aliphatic rings. The van der Waals surface area contributed by atoms with E-state index < -0.39 is 28.9 Å². The van der Waals surface area contributed by atoms with Crippen LogP contribution in [0.1, 0.15) is 110 Å². The molecule has 0 amide bonds. The van der Waals surface area contributed by atoms with E-state index in [1.165, 1.54) is 37.7 Å². The van der Waals surface area contributed by atoms with Crippen LogP contribution in [0.4, 0.5) is 0 Å². The normalized spacial score (nSPS) is 36.8. The van der Waals surface area contributed by atoms with E-state index in [9.17, 15) is 0 Å². The Balaban J connectivity index is 0.00000131. The molecular formula is C45H72Cl2OSiZr. The summed E-state index contributed by atoms with van der Waals surface area (Å²) in [6.45, 7) is 26.2. The van der Waals surface area contributed by atoms with Crippen molar-refractivity contribution >= 4 is 25.1 Å². The van der Waals surface area contributed by atoms with E-state index in [0.717, 1.165) is 58.4 Å². The number of rotatable bonds is 5. The Morgan fingerprint density at radius 1 is 0.640 bits per heavy atom. The molecule has 0 saturated heterocycles. The second kappa shape index (κ2) is 17.7. The van der Waals surface area contributed by atoms with E-state index in [0.29, 0.717) is 23.4 Å². The van der Waals surface area contributed by atoms with Crippen molar-refractivity contribution in [3.05, 3.63) is 86.6 Å². The second-order valence-corrected chi connectivity index (χ2v) is 28.1. The summed E-state index contributed by atoms with van der Waals surface area (Å²) >= 11 is -0.826. The molecular weight excluding hydrogens is 747 g/mol. The van der Waals surface area contributed by atoms with Gasteiger partial charge in [-0.1, -0.05) is 129 Å². The summed E-state index contributed by atoms with van der Waals surface area (Å²) in [7, 11) is 10.2. The van der Waals surface area contributed by atoms with Gasteiger partial charge >= 0.3 is 37.9 Å². The zero-order chi connectivity index (χ0) is 35.2. The molecule has 0 heterocycles. The first kappa shape index (κ1) is 44.5. The van der Waals surface area contributed by atoms with Gasteiger partial charge in [-0.05, 0) is 118 Å². The van der Waals surface area contributed by atoms with Gasteiger partial charge in [0.25, 0.3) is 0 Å². The fourth-order valence-corrected chi connectivity index (χ4v) is 19.7. The molecule has 0 aliphatic heterocycles. The van der Waals surface area contributed by atoms with E-state index in [2.05, 4.69) is 129 Å². The monoisotopic (exact) mass is 816 g/mol. The van der Waals surface area contributed by atoms with Crippen molar-refractivity contribution in [2.45, 2.75) is 130 Å². The third kappa shape index (κ3) is 8.79. The van der Waals surface area contributed by atoms with E-state index in [1.54, 1.807) is 5.56 Å². The fraction of sp³-hybridized carbons (Fsp3) is 0.689. The Kier molecular flexibility index (Phi) is 15.7. The number of benzene rings is 2. The molecule has 4 aliphatic carbocycles. The van der Waals surface area contributed by atoms with E-state index in [-0.39, 0.29) is 20.3 Å². The Labute approximate surface area is 329 Å². The van der Waals surface area contributed by atoms with E-state index in [1.807, 2.05) is 7.11 Å². The van der Waals surface area contributed by atoms with E-state index in [4.69, 9.17) is 21.8 Å². The molecule has 2 aromatic carbocycles. The van der Waals surface area contributed by atoms with Gasteiger partial charge in [0.1, 0.15) is 0 Å². The molecule has 0 bridgehead atoms.